The van der Waals surface area contributed by atoms with Gasteiger partial charge in [-0.15, -0.1) is 11.3 Å². The van der Waals surface area contributed by atoms with Crippen molar-refractivity contribution in [3.05, 3.63) is 51.4 Å². The molecule has 142 valence electrons. The number of hydrogen-bond donors (Lipinski definition) is 3. The molecule has 2 aliphatic rings. The van der Waals surface area contributed by atoms with E-state index in [1.165, 1.54) is 27.3 Å². The second-order valence-corrected chi connectivity index (χ2v) is 8.46. The maximum absolute atomic E-state index is 12.5. The van der Waals surface area contributed by atoms with Gasteiger partial charge in [-0.3, -0.25) is 9.59 Å². The fourth-order valence-corrected chi connectivity index (χ4v) is 5.58. The molecule has 1 aromatic carbocycles. The van der Waals surface area contributed by atoms with Crippen LogP contribution in [0.2, 0.25) is 0 Å². The van der Waals surface area contributed by atoms with Gasteiger partial charge in [-0.05, 0) is 61.6 Å². The van der Waals surface area contributed by atoms with Crippen molar-refractivity contribution in [1.82, 2.24) is 5.32 Å². The maximum atomic E-state index is 12.5. The third-order valence-electron chi connectivity index (χ3n) is 5.55. The first kappa shape index (κ1) is 18.2. The number of hydrogen-bond acceptors (Lipinski definition) is 4. The first-order chi connectivity index (χ1) is 13.1. The zero-order valence-corrected chi connectivity index (χ0v) is 16.2. The second-order valence-electron chi connectivity index (χ2n) is 7.35. The Morgan fingerprint density at radius 2 is 1.93 bits per heavy atom. The van der Waals surface area contributed by atoms with Crippen LogP contribution in [-0.4, -0.2) is 18.4 Å². The summed E-state index contributed by atoms with van der Waals surface area (Å²) in [7, 11) is 0. The van der Waals surface area contributed by atoms with Crippen molar-refractivity contribution in [3.63, 3.8) is 0 Å². The molecule has 0 radical (unpaired) electrons. The average Bonchev–Trinajstić information content (AvgIpc) is 3.04. The van der Waals surface area contributed by atoms with Crippen LogP contribution >= 0.6 is 11.3 Å². The number of nitrogens with one attached hydrogen (secondary N) is 2. The Morgan fingerprint density at radius 3 is 2.78 bits per heavy atom. The minimum atomic E-state index is -0.445. The van der Waals surface area contributed by atoms with Crippen molar-refractivity contribution in [3.8, 4) is 0 Å². The third kappa shape index (κ3) is 3.77. The molecule has 1 heterocycles. The highest BCUT2D eigenvalue weighted by molar-refractivity contribution is 7.17. The van der Waals surface area contributed by atoms with Crippen LogP contribution in [0.5, 0.6) is 0 Å². The monoisotopic (exact) mass is 383 g/mol. The Labute approximate surface area is 163 Å². The number of nitrogens with two attached hydrogens (primary N) is 1. The molecular weight excluding hydrogens is 358 g/mol. The zero-order valence-electron chi connectivity index (χ0n) is 15.3. The summed E-state index contributed by atoms with van der Waals surface area (Å²) in [6.45, 7) is 0.222. The number of carbonyl (C=O) groups excluding carboxylic acids is 2. The van der Waals surface area contributed by atoms with Gasteiger partial charge in [0.25, 0.3) is 5.91 Å². The number of rotatable bonds is 5. The summed E-state index contributed by atoms with van der Waals surface area (Å²) in [4.78, 5) is 25.7. The lowest BCUT2D eigenvalue weighted by molar-refractivity contribution is -0.115. The van der Waals surface area contributed by atoms with E-state index in [0.717, 1.165) is 50.5 Å². The number of fused-ring (bicyclic) bond motifs is 2. The van der Waals surface area contributed by atoms with Crippen molar-refractivity contribution in [2.75, 3.05) is 11.9 Å². The van der Waals surface area contributed by atoms with Crippen LogP contribution in [0.15, 0.2) is 24.3 Å². The van der Waals surface area contributed by atoms with Crippen molar-refractivity contribution >= 4 is 28.2 Å². The molecule has 2 aliphatic carbocycles. The lowest BCUT2D eigenvalue weighted by Crippen LogP contribution is -2.33. The molecule has 0 fully saturated rings. The van der Waals surface area contributed by atoms with Crippen molar-refractivity contribution < 1.29 is 9.59 Å². The van der Waals surface area contributed by atoms with E-state index in [0.29, 0.717) is 10.6 Å². The molecule has 0 aliphatic heterocycles. The van der Waals surface area contributed by atoms with Crippen LogP contribution in [-0.2, 0) is 24.1 Å². The first-order valence-electron chi connectivity index (χ1n) is 9.69. The van der Waals surface area contributed by atoms with Gasteiger partial charge in [0.2, 0.25) is 5.91 Å². The quantitative estimate of drug-likeness (QED) is 0.740. The van der Waals surface area contributed by atoms with Gasteiger partial charge in [0.15, 0.2) is 0 Å². The summed E-state index contributed by atoms with van der Waals surface area (Å²) in [5.74, 6) is -0.571. The lowest BCUT2D eigenvalue weighted by atomic mass is 9.88. The van der Waals surface area contributed by atoms with Crippen molar-refractivity contribution in [1.29, 1.82) is 0 Å². The molecule has 4 N–H and O–H groups in total. The van der Waals surface area contributed by atoms with Gasteiger partial charge in [-0.25, -0.2) is 0 Å². The van der Waals surface area contributed by atoms with Crippen molar-refractivity contribution in [2.45, 2.75) is 51.0 Å². The summed E-state index contributed by atoms with van der Waals surface area (Å²) in [5, 5.41) is 6.93. The summed E-state index contributed by atoms with van der Waals surface area (Å²) >= 11 is 1.51. The number of carbonyl (C=O) groups is 2. The van der Waals surface area contributed by atoms with E-state index in [9.17, 15) is 9.59 Å². The van der Waals surface area contributed by atoms with Gasteiger partial charge >= 0.3 is 0 Å². The number of thiophene rings is 1. The fraction of sp³-hybridized carbons (Fsp3) is 0.429. The molecule has 0 spiro atoms. The molecule has 1 atom stereocenters. The van der Waals surface area contributed by atoms with E-state index in [2.05, 4.69) is 28.8 Å². The molecule has 1 aromatic heterocycles. The van der Waals surface area contributed by atoms with E-state index in [-0.39, 0.29) is 18.5 Å². The first-order valence-corrected chi connectivity index (χ1v) is 10.5. The SMILES string of the molecule is NC(=O)c1c(NC(=O)CN[C@H]2CCCc3ccccc32)sc2c1CCCC2. The van der Waals surface area contributed by atoms with E-state index in [1.54, 1.807) is 0 Å². The molecule has 0 bridgehead atoms. The average molecular weight is 384 g/mol. The van der Waals surface area contributed by atoms with E-state index in [1.807, 2.05) is 6.07 Å². The maximum Gasteiger partial charge on any atom is 0.251 e. The highest BCUT2D eigenvalue weighted by atomic mass is 32.1. The minimum Gasteiger partial charge on any atom is -0.365 e. The normalized spacial score (nSPS) is 18.4. The van der Waals surface area contributed by atoms with E-state index >= 15 is 0 Å². The lowest BCUT2D eigenvalue weighted by Gasteiger charge is -2.26. The van der Waals surface area contributed by atoms with Crippen LogP contribution < -0.4 is 16.4 Å². The van der Waals surface area contributed by atoms with Crippen LogP contribution in [0.1, 0.15) is 63.7 Å². The smallest absolute Gasteiger partial charge is 0.251 e. The van der Waals surface area contributed by atoms with Crippen LogP contribution in [0.3, 0.4) is 0 Å². The Hall–Kier alpha value is -2.18. The fourth-order valence-electron chi connectivity index (χ4n) is 4.27. The molecule has 0 saturated heterocycles. The largest absolute Gasteiger partial charge is 0.365 e. The third-order valence-corrected chi connectivity index (χ3v) is 6.76. The van der Waals surface area contributed by atoms with Gasteiger partial charge in [0.05, 0.1) is 12.1 Å². The molecule has 0 unspecified atom stereocenters. The Kier molecular flexibility index (Phi) is 5.27. The van der Waals surface area contributed by atoms with Crippen LogP contribution in [0.25, 0.3) is 0 Å². The van der Waals surface area contributed by atoms with Crippen molar-refractivity contribution in [2.24, 2.45) is 5.73 Å². The summed E-state index contributed by atoms with van der Waals surface area (Å²) in [5.41, 5.74) is 9.82. The van der Waals surface area contributed by atoms with Gasteiger partial charge in [0, 0.05) is 10.9 Å². The standard InChI is InChI=1S/C21H25N3O2S/c22-20(26)19-15-9-3-4-11-17(15)27-21(19)24-18(25)12-23-16-10-5-7-13-6-1-2-8-14(13)16/h1-2,6,8,16,23H,3-5,7,9-12H2,(H2,22,26)(H,24,25)/t16-/m0/s1. The molecule has 6 heteroatoms. The van der Waals surface area contributed by atoms with Gasteiger partial charge in [-0.2, -0.15) is 0 Å². The molecule has 5 nitrogen and oxygen atoms in total. The van der Waals surface area contributed by atoms with Gasteiger partial charge < -0.3 is 16.4 Å². The molecule has 2 aromatic rings. The number of primary amides is 1. The Balaban J connectivity index is 1.44. The summed E-state index contributed by atoms with van der Waals surface area (Å²) in [6.07, 6.45) is 7.29. The van der Waals surface area contributed by atoms with E-state index in [4.69, 9.17) is 5.73 Å². The van der Waals surface area contributed by atoms with Gasteiger partial charge in [-0.1, -0.05) is 24.3 Å². The Bertz CT molecular complexity index is 874. The molecular formula is C21H25N3O2S. The molecule has 2 amide bonds. The Morgan fingerprint density at radius 1 is 1.11 bits per heavy atom. The van der Waals surface area contributed by atoms with Crippen LogP contribution in [0, 0.1) is 0 Å². The molecule has 27 heavy (non-hydrogen) atoms. The number of aryl methyl sites for hydroxylation is 2. The predicted octanol–water partition coefficient (Wildman–Crippen LogP) is 3.33. The van der Waals surface area contributed by atoms with Gasteiger partial charge in [0.1, 0.15) is 5.00 Å². The highest BCUT2D eigenvalue weighted by Gasteiger charge is 2.25. The predicted molar refractivity (Wildman–Crippen MR) is 108 cm³/mol. The number of benzene rings is 1. The number of anilines is 1. The van der Waals surface area contributed by atoms with E-state index < -0.39 is 5.91 Å². The molecule has 4 rings (SSSR count). The zero-order chi connectivity index (χ0) is 18.8. The summed E-state index contributed by atoms with van der Waals surface area (Å²) < 4.78 is 0. The number of amides is 2. The minimum absolute atomic E-state index is 0.126. The second kappa shape index (κ2) is 7.82. The molecule has 0 saturated carbocycles. The summed E-state index contributed by atoms with van der Waals surface area (Å²) in [6, 6.07) is 8.63. The highest BCUT2D eigenvalue weighted by Crippen LogP contribution is 2.38. The van der Waals surface area contributed by atoms with Crippen LogP contribution in [0.4, 0.5) is 5.00 Å². The topological polar surface area (TPSA) is 84.2 Å².